The highest BCUT2D eigenvalue weighted by Crippen LogP contribution is 2.22. The third-order valence-electron chi connectivity index (χ3n) is 1.10. The Bertz CT molecular complexity index is 245. The number of aryl methyl sites for hydroxylation is 1. The molecule has 0 aromatic carbocycles. The Morgan fingerprint density at radius 1 is 1.64 bits per heavy atom. The summed E-state index contributed by atoms with van der Waals surface area (Å²) >= 11 is 3.34. The van der Waals surface area contributed by atoms with E-state index in [1.807, 2.05) is 27.1 Å². The molecular formula is C7H11BrN2O. The van der Waals surface area contributed by atoms with Crippen molar-refractivity contribution in [3.05, 3.63) is 10.7 Å². The molecule has 0 N–H and O–H groups in total. The Morgan fingerprint density at radius 3 is 2.64 bits per heavy atom. The van der Waals surface area contributed by atoms with Gasteiger partial charge in [0, 0.05) is 13.2 Å². The van der Waals surface area contributed by atoms with Crippen LogP contribution in [0.1, 0.15) is 13.8 Å². The van der Waals surface area contributed by atoms with Crippen LogP contribution in [0.15, 0.2) is 10.7 Å². The predicted octanol–water partition coefficient (Wildman–Crippen LogP) is 1.97. The lowest BCUT2D eigenvalue weighted by atomic mass is 10.5. The van der Waals surface area contributed by atoms with Crippen LogP contribution in [0, 0.1) is 0 Å². The fourth-order valence-corrected chi connectivity index (χ4v) is 1.21. The van der Waals surface area contributed by atoms with Crippen LogP contribution in [0.4, 0.5) is 0 Å². The summed E-state index contributed by atoms with van der Waals surface area (Å²) in [7, 11) is 1.86. The second-order valence-electron chi connectivity index (χ2n) is 2.62. The van der Waals surface area contributed by atoms with Gasteiger partial charge in [-0.25, -0.2) is 0 Å². The van der Waals surface area contributed by atoms with E-state index in [0.29, 0.717) is 5.88 Å². The predicted molar refractivity (Wildman–Crippen MR) is 46.7 cm³/mol. The first-order valence-electron chi connectivity index (χ1n) is 3.45. The number of ether oxygens (including phenoxy) is 1. The van der Waals surface area contributed by atoms with Gasteiger partial charge in [0.05, 0.1) is 10.6 Å². The van der Waals surface area contributed by atoms with E-state index in [1.54, 1.807) is 4.68 Å². The van der Waals surface area contributed by atoms with Crippen molar-refractivity contribution in [3.63, 3.8) is 0 Å². The van der Waals surface area contributed by atoms with Crippen LogP contribution in [0.5, 0.6) is 5.88 Å². The monoisotopic (exact) mass is 218 g/mol. The summed E-state index contributed by atoms with van der Waals surface area (Å²) in [6.07, 6.45) is 2.03. The minimum atomic E-state index is 0.168. The Kier molecular flexibility index (Phi) is 2.54. The summed E-state index contributed by atoms with van der Waals surface area (Å²) in [6.45, 7) is 3.95. The molecule has 0 aliphatic heterocycles. The Balaban J connectivity index is 2.77. The summed E-state index contributed by atoms with van der Waals surface area (Å²) in [5.41, 5.74) is 0. The van der Waals surface area contributed by atoms with Crippen LogP contribution in [-0.4, -0.2) is 15.9 Å². The molecule has 1 heterocycles. The fourth-order valence-electron chi connectivity index (χ4n) is 0.742. The van der Waals surface area contributed by atoms with Crippen molar-refractivity contribution in [2.45, 2.75) is 20.0 Å². The van der Waals surface area contributed by atoms with Crippen molar-refractivity contribution in [3.8, 4) is 5.88 Å². The second kappa shape index (κ2) is 3.26. The molecule has 0 unspecified atom stereocenters. The van der Waals surface area contributed by atoms with Gasteiger partial charge in [-0.3, -0.25) is 4.68 Å². The van der Waals surface area contributed by atoms with E-state index >= 15 is 0 Å². The van der Waals surface area contributed by atoms with E-state index in [9.17, 15) is 0 Å². The lowest BCUT2D eigenvalue weighted by molar-refractivity contribution is 0.229. The first kappa shape index (κ1) is 8.59. The molecule has 0 spiro atoms. The van der Waals surface area contributed by atoms with E-state index in [2.05, 4.69) is 21.0 Å². The molecule has 0 radical (unpaired) electrons. The third kappa shape index (κ3) is 2.22. The highest BCUT2D eigenvalue weighted by atomic mass is 79.9. The minimum absolute atomic E-state index is 0.168. The van der Waals surface area contributed by atoms with Gasteiger partial charge < -0.3 is 4.74 Å². The summed E-state index contributed by atoms with van der Waals surface area (Å²) < 4.78 is 7.99. The zero-order chi connectivity index (χ0) is 8.43. The lowest BCUT2D eigenvalue weighted by Crippen LogP contribution is -2.06. The summed E-state index contributed by atoms with van der Waals surface area (Å²) in [4.78, 5) is 0. The van der Waals surface area contributed by atoms with E-state index in [0.717, 1.165) is 4.47 Å². The smallest absolute Gasteiger partial charge is 0.247 e. The van der Waals surface area contributed by atoms with Crippen molar-refractivity contribution in [1.82, 2.24) is 9.78 Å². The second-order valence-corrected chi connectivity index (χ2v) is 3.48. The van der Waals surface area contributed by atoms with Crippen LogP contribution in [0.25, 0.3) is 0 Å². The van der Waals surface area contributed by atoms with Gasteiger partial charge in [-0.1, -0.05) is 0 Å². The maximum atomic E-state index is 5.39. The molecule has 0 atom stereocenters. The van der Waals surface area contributed by atoms with Gasteiger partial charge >= 0.3 is 0 Å². The van der Waals surface area contributed by atoms with E-state index in [-0.39, 0.29) is 6.10 Å². The van der Waals surface area contributed by atoms with E-state index in [1.165, 1.54) is 0 Å². The maximum absolute atomic E-state index is 5.39. The molecule has 1 rings (SSSR count). The molecule has 0 amide bonds. The molecule has 0 fully saturated rings. The molecule has 62 valence electrons. The Labute approximate surface area is 74.5 Å². The first-order chi connectivity index (χ1) is 5.09. The number of hydrogen-bond acceptors (Lipinski definition) is 2. The van der Waals surface area contributed by atoms with Gasteiger partial charge in [0.15, 0.2) is 0 Å². The summed E-state index contributed by atoms with van der Waals surface area (Å²) in [6, 6.07) is 0. The third-order valence-corrected chi connectivity index (χ3v) is 1.64. The van der Waals surface area contributed by atoms with Crippen LogP contribution in [0.2, 0.25) is 0 Å². The molecule has 0 aliphatic rings. The number of rotatable bonds is 2. The normalized spacial score (nSPS) is 10.6. The van der Waals surface area contributed by atoms with Crippen molar-refractivity contribution < 1.29 is 4.74 Å². The van der Waals surface area contributed by atoms with Gasteiger partial charge in [0.25, 0.3) is 0 Å². The molecule has 3 nitrogen and oxygen atoms in total. The number of aromatic nitrogens is 2. The lowest BCUT2D eigenvalue weighted by Gasteiger charge is -2.05. The fraction of sp³-hybridized carbons (Fsp3) is 0.571. The molecule has 0 saturated heterocycles. The number of nitrogens with zero attached hydrogens (tertiary/aromatic N) is 2. The molecule has 0 saturated carbocycles. The van der Waals surface area contributed by atoms with E-state index < -0.39 is 0 Å². The first-order valence-corrected chi connectivity index (χ1v) is 4.24. The molecule has 4 heteroatoms. The highest BCUT2D eigenvalue weighted by Gasteiger charge is 2.06. The van der Waals surface area contributed by atoms with Crippen LogP contribution in [-0.2, 0) is 7.05 Å². The van der Waals surface area contributed by atoms with Gasteiger partial charge in [0.1, 0.15) is 0 Å². The van der Waals surface area contributed by atoms with Crippen LogP contribution < -0.4 is 4.74 Å². The van der Waals surface area contributed by atoms with Gasteiger partial charge in [-0.05, 0) is 29.8 Å². The molecule has 0 aliphatic carbocycles. The van der Waals surface area contributed by atoms with Crippen molar-refractivity contribution in [1.29, 1.82) is 0 Å². The largest absolute Gasteiger partial charge is 0.473 e. The Hall–Kier alpha value is -0.510. The van der Waals surface area contributed by atoms with Crippen LogP contribution in [0.3, 0.4) is 0 Å². The molecule has 1 aromatic rings. The molecule has 11 heavy (non-hydrogen) atoms. The van der Waals surface area contributed by atoms with Crippen molar-refractivity contribution in [2.24, 2.45) is 7.05 Å². The van der Waals surface area contributed by atoms with Gasteiger partial charge in [-0.2, -0.15) is 0 Å². The number of hydrogen-bond donors (Lipinski definition) is 0. The SMILES string of the molecule is CC(C)Oc1nn(C)cc1Br. The van der Waals surface area contributed by atoms with Gasteiger partial charge in [0.2, 0.25) is 5.88 Å². The van der Waals surface area contributed by atoms with Crippen LogP contribution >= 0.6 is 15.9 Å². The highest BCUT2D eigenvalue weighted by molar-refractivity contribution is 9.10. The minimum Gasteiger partial charge on any atom is -0.473 e. The number of halogens is 1. The zero-order valence-electron chi connectivity index (χ0n) is 6.84. The summed E-state index contributed by atoms with van der Waals surface area (Å²) in [5.74, 6) is 0.655. The Morgan fingerprint density at radius 2 is 2.27 bits per heavy atom. The van der Waals surface area contributed by atoms with Gasteiger partial charge in [-0.15, -0.1) is 5.10 Å². The quantitative estimate of drug-likeness (QED) is 0.760. The average molecular weight is 219 g/mol. The zero-order valence-corrected chi connectivity index (χ0v) is 8.42. The molecule has 1 aromatic heterocycles. The van der Waals surface area contributed by atoms with E-state index in [4.69, 9.17) is 4.74 Å². The molecular weight excluding hydrogens is 208 g/mol. The van der Waals surface area contributed by atoms with Crippen molar-refractivity contribution in [2.75, 3.05) is 0 Å². The van der Waals surface area contributed by atoms with Crippen molar-refractivity contribution >= 4 is 15.9 Å². The standard InChI is InChI=1S/C7H11BrN2O/c1-5(2)11-7-6(8)4-10(3)9-7/h4-5H,1-3H3. The average Bonchev–Trinajstić information content (AvgIpc) is 2.09. The summed E-state index contributed by atoms with van der Waals surface area (Å²) in [5, 5.41) is 4.10. The molecule has 0 bridgehead atoms. The maximum Gasteiger partial charge on any atom is 0.247 e. The topological polar surface area (TPSA) is 27.1 Å².